The molecule has 0 atom stereocenters. The largest absolute Gasteiger partial charge is 0.481 e. The third-order valence-corrected chi connectivity index (χ3v) is 2.14. The summed E-state index contributed by atoms with van der Waals surface area (Å²) < 4.78 is 4.59. The lowest BCUT2D eigenvalue weighted by Gasteiger charge is -2.07. The molecule has 0 bridgehead atoms. The minimum absolute atomic E-state index is 0.0134. The molecule has 0 aliphatic rings. The summed E-state index contributed by atoms with van der Waals surface area (Å²) in [6.45, 7) is 1.98. The van der Waals surface area contributed by atoms with Gasteiger partial charge in [0.1, 0.15) is 5.82 Å². The molecule has 0 fully saturated rings. The van der Waals surface area contributed by atoms with Crippen molar-refractivity contribution in [1.82, 2.24) is 4.98 Å². The highest BCUT2D eigenvalue weighted by Crippen LogP contribution is 2.11. The minimum Gasteiger partial charge on any atom is -0.481 e. The first-order chi connectivity index (χ1) is 8.04. The molecule has 0 aliphatic heterocycles. The Kier molecular flexibility index (Phi) is 4.45. The maximum absolute atomic E-state index is 11.3. The van der Waals surface area contributed by atoms with Gasteiger partial charge in [0, 0.05) is 6.54 Å². The molecule has 2 N–H and O–H groups in total. The van der Waals surface area contributed by atoms with Gasteiger partial charge in [-0.2, -0.15) is 0 Å². The Hall–Kier alpha value is -2.11. The first-order valence-corrected chi connectivity index (χ1v) is 5.06. The smallest absolute Gasteiger partial charge is 0.339 e. The number of carboxylic acids is 1. The van der Waals surface area contributed by atoms with Crippen LogP contribution < -0.4 is 5.32 Å². The maximum atomic E-state index is 11.3. The van der Waals surface area contributed by atoms with E-state index in [9.17, 15) is 9.59 Å². The second-order valence-electron chi connectivity index (χ2n) is 3.39. The van der Waals surface area contributed by atoms with E-state index in [1.165, 1.54) is 7.11 Å². The van der Waals surface area contributed by atoms with E-state index < -0.39 is 11.9 Å². The second-order valence-corrected chi connectivity index (χ2v) is 3.39. The van der Waals surface area contributed by atoms with Crippen molar-refractivity contribution in [2.24, 2.45) is 0 Å². The van der Waals surface area contributed by atoms with Gasteiger partial charge in [-0.15, -0.1) is 0 Å². The molecule has 0 amide bonds. The van der Waals surface area contributed by atoms with Gasteiger partial charge in [-0.25, -0.2) is 9.78 Å². The summed E-state index contributed by atoms with van der Waals surface area (Å²) in [5.41, 5.74) is 0.938. The van der Waals surface area contributed by atoms with Gasteiger partial charge in [0.15, 0.2) is 0 Å². The molecule has 0 aliphatic carbocycles. The molecule has 0 saturated carbocycles. The predicted molar refractivity (Wildman–Crippen MR) is 61.1 cm³/mol. The zero-order valence-electron chi connectivity index (χ0n) is 9.69. The molecular weight excluding hydrogens is 224 g/mol. The van der Waals surface area contributed by atoms with Crippen LogP contribution in [0.2, 0.25) is 0 Å². The molecule has 6 nitrogen and oxygen atoms in total. The number of hydrogen-bond donors (Lipinski definition) is 2. The first kappa shape index (κ1) is 13.0. The van der Waals surface area contributed by atoms with Crippen molar-refractivity contribution < 1.29 is 19.4 Å². The van der Waals surface area contributed by atoms with E-state index in [4.69, 9.17) is 5.11 Å². The Morgan fingerprint density at radius 2 is 2.18 bits per heavy atom. The number of hydrogen-bond acceptors (Lipinski definition) is 5. The fraction of sp³-hybridized carbons (Fsp3) is 0.364. The van der Waals surface area contributed by atoms with Crippen LogP contribution in [0.4, 0.5) is 5.82 Å². The van der Waals surface area contributed by atoms with Crippen molar-refractivity contribution >= 4 is 17.8 Å². The van der Waals surface area contributed by atoms with E-state index in [1.54, 1.807) is 19.1 Å². The molecule has 6 heteroatoms. The molecule has 17 heavy (non-hydrogen) atoms. The highest BCUT2D eigenvalue weighted by atomic mass is 16.5. The molecule has 0 saturated heterocycles. The van der Waals surface area contributed by atoms with Crippen LogP contribution >= 0.6 is 0 Å². The van der Waals surface area contributed by atoms with Crippen molar-refractivity contribution in [3.63, 3.8) is 0 Å². The van der Waals surface area contributed by atoms with Crippen LogP contribution in [0.1, 0.15) is 22.5 Å². The van der Waals surface area contributed by atoms with Crippen LogP contribution in [0.15, 0.2) is 12.1 Å². The number of nitrogens with zero attached hydrogens (tertiary/aromatic N) is 1. The van der Waals surface area contributed by atoms with E-state index in [1.807, 2.05) is 0 Å². The third kappa shape index (κ3) is 3.75. The fourth-order valence-electron chi connectivity index (χ4n) is 1.28. The number of rotatable bonds is 5. The Morgan fingerprint density at radius 1 is 1.47 bits per heavy atom. The topological polar surface area (TPSA) is 88.5 Å². The summed E-state index contributed by atoms with van der Waals surface area (Å²) in [6.07, 6.45) is 0.0134. The lowest BCUT2D eigenvalue weighted by Crippen LogP contribution is -2.10. The minimum atomic E-state index is -0.875. The number of esters is 1. The average molecular weight is 238 g/mol. The quantitative estimate of drug-likeness (QED) is 0.746. The van der Waals surface area contributed by atoms with Crippen LogP contribution in [0, 0.1) is 6.92 Å². The summed E-state index contributed by atoms with van der Waals surface area (Å²) in [4.78, 5) is 25.7. The number of ether oxygens (including phenoxy) is 1. The van der Waals surface area contributed by atoms with Gasteiger partial charge in [-0.1, -0.05) is 0 Å². The number of methoxy groups -OCH3 is 1. The lowest BCUT2D eigenvalue weighted by atomic mass is 10.2. The Balaban J connectivity index is 2.68. The summed E-state index contributed by atoms with van der Waals surface area (Å²) in [6, 6.07) is 3.21. The van der Waals surface area contributed by atoms with Crippen LogP contribution in [0.3, 0.4) is 0 Å². The highest BCUT2D eigenvalue weighted by molar-refractivity contribution is 5.90. The standard InChI is InChI=1S/C11H14N2O4/c1-7-8(11(16)17-2)3-4-9(13-7)12-6-5-10(14)15/h3-4H,5-6H2,1-2H3,(H,12,13)(H,14,15). The summed E-state index contributed by atoms with van der Waals surface area (Å²) in [5, 5.41) is 11.3. The molecule has 1 aromatic rings. The van der Waals surface area contributed by atoms with Crippen molar-refractivity contribution in [3.05, 3.63) is 23.4 Å². The number of aryl methyl sites for hydroxylation is 1. The number of aromatic nitrogens is 1. The fourth-order valence-corrected chi connectivity index (χ4v) is 1.28. The first-order valence-electron chi connectivity index (χ1n) is 5.06. The molecular formula is C11H14N2O4. The molecule has 0 radical (unpaired) electrons. The van der Waals surface area contributed by atoms with Gasteiger partial charge in [0.25, 0.3) is 0 Å². The van der Waals surface area contributed by atoms with Gasteiger partial charge in [-0.3, -0.25) is 4.79 Å². The molecule has 1 aromatic heterocycles. The van der Waals surface area contributed by atoms with E-state index >= 15 is 0 Å². The molecule has 0 unspecified atom stereocenters. The molecule has 92 valence electrons. The average Bonchev–Trinajstić information content (AvgIpc) is 2.28. The van der Waals surface area contributed by atoms with Gasteiger partial charge in [0.05, 0.1) is 24.8 Å². The third-order valence-electron chi connectivity index (χ3n) is 2.14. The Labute approximate surface area is 98.6 Å². The molecule has 1 rings (SSSR count). The summed E-state index contributed by atoms with van der Waals surface area (Å²) in [5.74, 6) is -0.774. The zero-order valence-corrected chi connectivity index (χ0v) is 9.69. The monoisotopic (exact) mass is 238 g/mol. The van der Waals surface area contributed by atoms with Crippen molar-refractivity contribution in [2.75, 3.05) is 19.0 Å². The molecule has 0 aromatic carbocycles. The van der Waals surface area contributed by atoms with Crippen LogP contribution in [-0.4, -0.2) is 35.7 Å². The number of pyridine rings is 1. The van der Waals surface area contributed by atoms with Crippen molar-refractivity contribution in [3.8, 4) is 0 Å². The predicted octanol–water partition coefficient (Wildman–Crippen LogP) is 1.06. The number of aliphatic carboxylic acids is 1. The van der Waals surface area contributed by atoms with Crippen LogP contribution in [0.25, 0.3) is 0 Å². The van der Waals surface area contributed by atoms with E-state index in [0.29, 0.717) is 23.6 Å². The van der Waals surface area contributed by atoms with Gasteiger partial charge < -0.3 is 15.2 Å². The van der Waals surface area contributed by atoms with Crippen LogP contribution in [-0.2, 0) is 9.53 Å². The number of anilines is 1. The highest BCUT2D eigenvalue weighted by Gasteiger charge is 2.10. The lowest BCUT2D eigenvalue weighted by molar-refractivity contribution is -0.136. The van der Waals surface area contributed by atoms with E-state index in [0.717, 1.165) is 0 Å². The SMILES string of the molecule is COC(=O)c1ccc(NCCC(=O)O)nc1C. The van der Waals surface area contributed by atoms with Gasteiger partial charge in [-0.05, 0) is 19.1 Å². The summed E-state index contributed by atoms with van der Waals surface area (Å²) >= 11 is 0. The normalized spacial score (nSPS) is 9.76. The number of carbonyl (C=O) groups is 2. The molecule has 0 spiro atoms. The van der Waals surface area contributed by atoms with Gasteiger partial charge >= 0.3 is 11.9 Å². The van der Waals surface area contributed by atoms with Crippen LogP contribution in [0.5, 0.6) is 0 Å². The Bertz CT molecular complexity index is 431. The Morgan fingerprint density at radius 3 is 2.71 bits per heavy atom. The van der Waals surface area contributed by atoms with Crippen molar-refractivity contribution in [1.29, 1.82) is 0 Å². The van der Waals surface area contributed by atoms with Gasteiger partial charge in [0.2, 0.25) is 0 Å². The number of carboxylic acid groups (broad SMARTS) is 1. The maximum Gasteiger partial charge on any atom is 0.339 e. The van der Waals surface area contributed by atoms with E-state index in [-0.39, 0.29) is 6.42 Å². The second kappa shape index (κ2) is 5.83. The number of nitrogens with one attached hydrogen (secondary N) is 1. The zero-order chi connectivity index (χ0) is 12.8. The van der Waals surface area contributed by atoms with Crippen molar-refractivity contribution in [2.45, 2.75) is 13.3 Å². The van der Waals surface area contributed by atoms with E-state index in [2.05, 4.69) is 15.0 Å². The molecule has 1 heterocycles. The summed E-state index contributed by atoms with van der Waals surface area (Å²) in [7, 11) is 1.31. The number of carbonyl (C=O) groups excluding carboxylic acids is 1.